The number of rotatable bonds is 5. The van der Waals surface area contributed by atoms with Gasteiger partial charge in [0.05, 0.1) is 16.8 Å². The molecule has 2 aliphatic rings. The molecule has 37 heavy (non-hydrogen) atoms. The maximum Gasteiger partial charge on any atom is 0.422 e. The van der Waals surface area contributed by atoms with Gasteiger partial charge in [-0.15, -0.1) is 0 Å². The van der Waals surface area contributed by atoms with Crippen molar-refractivity contribution in [1.82, 2.24) is 25.4 Å². The van der Waals surface area contributed by atoms with Gasteiger partial charge in [0.1, 0.15) is 11.4 Å². The van der Waals surface area contributed by atoms with E-state index in [-0.39, 0.29) is 17.0 Å². The minimum atomic E-state index is -4.44. The first-order chi connectivity index (χ1) is 17.6. The van der Waals surface area contributed by atoms with E-state index in [1.54, 1.807) is 43.7 Å². The van der Waals surface area contributed by atoms with Crippen LogP contribution in [0.25, 0.3) is 5.82 Å². The van der Waals surface area contributed by atoms with E-state index >= 15 is 0 Å². The molecule has 3 heterocycles. The lowest BCUT2D eigenvalue weighted by Gasteiger charge is -2.35. The van der Waals surface area contributed by atoms with Crippen LogP contribution in [0.3, 0.4) is 0 Å². The zero-order valence-electron chi connectivity index (χ0n) is 20.0. The lowest BCUT2D eigenvalue weighted by Crippen LogP contribution is -2.50. The number of hydrogen-bond acceptors (Lipinski definition) is 6. The molecule has 3 aromatic rings. The van der Waals surface area contributed by atoms with Crippen molar-refractivity contribution in [1.29, 1.82) is 0 Å². The molecule has 0 saturated heterocycles. The van der Waals surface area contributed by atoms with Crippen LogP contribution in [0.15, 0.2) is 41.5 Å². The summed E-state index contributed by atoms with van der Waals surface area (Å²) >= 11 is 0. The second-order valence-electron chi connectivity index (χ2n) is 8.93. The number of alkyl halides is 3. The maximum absolute atomic E-state index is 13.4. The zero-order chi connectivity index (χ0) is 26.4. The average molecular weight is 512 g/mol. The van der Waals surface area contributed by atoms with Crippen molar-refractivity contribution >= 4 is 18.0 Å². The molecule has 2 aromatic heterocycles. The summed E-state index contributed by atoms with van der Waals surface area (Å²) < 4.78 is 43.9. The van der Waals surface area contributed by atoms with Gasteiger partial charge in [0.15, 0.2) is 12.4 Å². The van der Waals surface area contributed by atoms with Gasteiger partial charge in [0.25, 0.3) is 11.8 Å². The minimum absolute atomic E-state index is 0.0726. The van der Waals surface area contributed by atoms with Gasteiger partial charge in [-0.05, 0) is 48.2 Å². The molecule has 0 saturated carbocycles. The third kappa shape index (κ3) is 4.43. The van der Waals surface area contributed by atoms with E-state index in [4.69, 9.17) is 4.74 Å². The summed E-state index contributed by atoms with van der Waals surface area (Å²) in [4.78, 5) is 34.6. The molecule has 0 unspecified atom stereocenters. The quantitative estimate of drug-likeness (QED) is 0.511. The second-order valence-corrected chi connectivity index (χ2v) is 8.93. The Balaban J connectivity index is 1.52. The highest BCUT2D eigenvalue weighted by molar-refractivity contribution is 6.08. The summed E-state index contributed by atoms with van der Waals surface area (Å²) in [7, 11) is 3.11. The number of amides is 2. The number of ether oxygens (including phenoxy) is 1. The van der Waals surface area contributed by atoms with Gasteiger partial charge in [-0.1, -0.05) is 6.07 Å². The average Bonchev–Trinajstić information content (AvgIpc) is 3.41. The van der Waals surface area contributed by atoms with Crippen molar-refractivity contribution in [3.63, 3.8) is 0 Å². The molecule has 9 nitrogen and oxygen atoms in total. The lowest BCUT2D eigenvalue weighted by molar-refractivity contribution is -0.153. The third-order valence-corrected chi connectivity index (χ3v) is 6.53. The molecule has 0 fully saturated rings. The van der Waals surface area contributed by atoms with Gasteiger partial charge in [-0.2, -0.15) is 18.3 Å². The topological polar surface area (TPSA) is 110 Å². The summed E-state index contributed by atoms with van der Waals surface area (Å²) in [6.45, 7) is -1.38. The zero-order valence-corrected chi connectivity index (χ0v) is 20.0. The number of hydrogen-bond donors (Lipinski definition) is 2. The molecular weight excluding hydrogens is 489 g/mol. The SMILES string of the molecule is C/N=C/c1ccc(-n2nc3c(c2C(=O)NC)C(=O)N[C@@]2(CCc4cc(OCC(F)(F)F)ccc42)C3)nc1. The predicted octanol–water partition coefficient (Wildman–Crippen LogP) is 2.74. The fourth-order valence-electron chi connectivity index (χ4n) is 4.97. The van der Waals surface area contributed by atoms with E-state index in [9.17, 15) is 22.8 Å². The first kappa shape index (κ1) is 24.5. The molecule has 1 atom stereocenters. The van der Waals surface area contributed by atoms with Gasteiger partial charge in [-0.3, -0.25) is 14.6 Å². The van der Waals surface area contributed by atoms with Crippen LogP contribution in [0.2, 0.25) is 0 Å². The molecule has 1 aliphatic heterocycles. The van der Waals surface area contributed by atoms with Crippen molar-refractivity contribution in [2.75, 3.05) is 20.7 Å². The smallest absolute Gasteiger partial charge is 0.422 e. The normalized spacial score (nSPS) is 18.6. The van der Waals surface area contributed by atoms with E-state index < -0.39 is 30.1 Å². The highest BCUT2D eigenvalue weighted by Crippen LogP contribution is 2.44. The van der Waals surface area contributed by atoms with Crippen LogP contribution in [-0.4, -0.2) is 59.7 Å². The molecule has 0 radical (unpaired) electrons. The largest absolute Gasteiger partial charge is 0.484 e. The number of aromatic nitrogens is 3. The van der Waals surface area contributed by atoms with Crippen molar-refractivity contribution in [2.45, 2.75) is 31.0 Å². The fraction of sp³-hybridized carbons (Fsp3) is 0.320. The van der Waals surface area contributed by atoms with Crippen LogP contribution in [0.5, 0.6) is 5.75 Å². The Morgan fingerprint density at radius 1 is 1.32 bits per heavy atom. The number of carbonyl (C=O) groups is 2. The third-order valence-electron chi connectivity index (χ3n) is 6.53. The van der Waals surface area contributed by atoms with Crippen LogP contribution in [-0.2, 0) is 18.4 Å². The summed E-state index contributed by atoms with van der Waals surface area (Å²) in [5.74, 6) is -0.462. The Kier molecular flexibility index (Phi) is 5.97. The number of nitrogens with one attached hydrogen (secondary N) is 2. The Bertz CT molecular complexity index is 1410. The number of carbonyl (C=O) groups excluding carboxylic acids is 2. The van der Waals surface area contributed by atoms with Crippen molar-refractivity contribution < 1.29 is 27.5 Å². The lowest BCUT2D eigenvalue weighted by atomic mass is 9.82. The van der Waals surface area contributed by atoms with Gasteiger partial charge in [0.2, 0.25) is 0 Å². The Morgan fingerprint density at radius 2 is 2.14 bits per heavy atom. The molecule has 2 N–H and O–H groups in total. The monoisotopic (exact) mass is 512 g/mol. The van der Waals surface area contributed by atoms with E-state index in [1.807, 2.05) is 0 Å². The standard InChI is InChI=1S/C25H23F3N6O3/c1-29-11-14-3-6-19(31-12-14)34-21(23(36)30-2)20-18(33-34)10-24(32-22(20)35)8-7-15-9-16(4-5-17(15)24)37-13-25(26,27)28/h3-6,9,11-12H,7-8,10,13H2,1-2H3,(H,30,36)(H,32,35)/b29-11+/t24-/m0/s1. The van der Waals surface area contributed by atoms with Crippen molar-refractivity contribution in [2.24, 2.45) is 4.99 Å². The molecule has 5 rings (SSSR count). The van der Waals surface area contributed by atoms with E-state index in [1.165, 1.54) is 17.8 Å². The van der Waals surface area contributed by atoms with Gasteiger partial charge in [-0.25, -0.2) is 9.67 Å². The molecule has 1 aromatic carbocycles. The maximum atomic E-state index is 13.4. The number of aliphatic imine (C=N–C) groups is 1. The summed E-state index contributed by atoms with van der Waals surface area (Å²) in [5.41, 5.74) is 2.24. The molecule has 2 amide bonds. The molecular formula is C25H23F3N6O3. The second kappa shape index (κ2) is 9.02. The minimum Gasteiger partial charge on any atom is -0.484 e. The highest BCUT2D eigenvalue weighted by atomic mass is 19.4. The fourth-order valence-corrected chi connectivity index (χ4v) is 4.97. The summed E-state index contributed by atoms with van der Waals surface area (Å²) in [6, 6.07) is 8.20. The number of nitrogens with zero attached hydrogens (tertiary/aromatic N) is 4. The number of fused-ring (bicyclic) bond motifs is 3. The van der Waals surface area contributed by atoms with Crippen LogP contribution >= 0.6 is 0 Å². The van der Waals surface area contributed by atoms with E-state index in [0.717, 1.165) is 16.7 Å². The molecule has 1 spiro atoms. The number of aryl methyl sites for hydroxylation is 1. The molecule has 0 bridgehead atoms. The predicted molar refractivity (Wildman–Crippen MR) is 127 cm³/mol. The molecule has 12 heteroatoms. The Hall–Kier alpha value is -4.22. The van der Waals surface area contributed by atoms with E-state index in [0.29, 0.717) is 30.8 Å². The van der Waals surface area contributed by atoms with Crippen LogP contribution in [0.4, 0.5) is 13.2 Å². The molecule has 192 valence electrons. The Labute approximate surface area is 209 Å². The number of halogens is 3. The first-order valence-electron chi connectivity index (χ1n) is 11.5. The molecule has 1 aliphatic carbocycles. The Morgan fingerprint density at radius 3 is 2.81 bits per heavy atom. The number of pyridine rings is 1. The van der Waals surface area contributed by atoms with Crippen molar-refractivity contribution in [3.8, 4) is 11.6 Å². The van der Waals surface area contributed by atoms with Gasteiger partial charge >= 0.3 is 6.18 Å². The van der Waals surface area contributed by atoms with Crippen LogP contribution < -0.4 is 15.4 Å². The van der Waals surface area contributed by atoms with Gasteiger partial charge < -0.3 is 15.4 Å². The highest BCUT2D eigenvalue weighted by Gasteiger charge is 2.47. The number of benzene rings is 1. The van der Waals surface area contributed by atoms with E-state index in [2.05, 4.69) is 25.7 Å². The van der Waals surface area contributed by atoms with Gasteiger partial charge in [0, 0.05) is 38.5 Å². The summed E-state index contributed by atoms with van der Waals surface area (Å²) in [6.07, 6.45) is 0.166. The first-order valence-corrected chi connectivity index (χ1v) is 11.5. The van der Waals surface area contributed by atoms with Crippen molar-refractivity contribution in [3.05, 3.63) is 70.2 Å². The summed E-state index contributed by atoms with van der Waals surface area (Å²) in [5, 5.41) is 10.3. The van der Waals surface area contributed by atoms with Crippen LogP contribution in [0, 0.1) is 0 Å². The van der Waals surface area contributed by atoms with Crippen LogP contribution in [0.1, 0.15) is 49.7 Å².